The van der Waals surface area contributed by atoms with Gasteiger partial charge in [0.05, 0.1) is 6.61 Å². The number of unbranched alkanes of at least 4 members (excludes halogenated alkanes) is 2. The first-order valence-electron chi connectivity index (χ1n) is 6.33. The van der Waals surface area contributed by atoms with Gasteiger partial charge in [0.2, 0.25) is 0 Å². The highest BCUT2D eigenvalue weighted by Gasteiger charge is 2.35. The molecule has 0 saturated heterocycles. The molecule has 17 heavy (non-hydrogen) atoms. The standard InChI is InChI=1S/C12H25N2O2P/c1-6-7-8-9-16-17(15,10-13)14(11(2)3)12(4)5/h11-12H,6-9H2,1-5H3. The summed E-state index contributed by atoms with van der Waals surface area (Å²) in [5, 5.41) is 9.13. The molecule has 0 aromatic rings. The van der Waals surface area contributed by atoms with E-state index in [0.717, 1.165) is 19.3 Å². The molecule has 0 saturated carbocycles. The van der Waals surface area contributed by atoms with Gasteiger partial charge in [0.15, 0.2) is 5.81 Å². The monoisotopic (exact) mass is 260 g/mol. The molecule has 0 heterocycles. The summed E-state index contributed by atoms with van der Waals surface area (Å²) in [4.78, 5) is 0. The van der Waals surface area contributed by atoms with Crippen LogP contribution in [0.1, 0.15) is 53.9 Å². The van der Waals surface area contributed by atoms with Crippen LogP contribution in [0.25, 0.3) is 0 Å². The molecule has 1 unspecified atom stereocenters. The Bertz CT molecular complexity index is 289. The fraction of sp³-hybridized carbons (Fsp3) is 0.917. The molecule has 4 nitrogen and oxygen atoms in total. The molecule has 0 N–H and O–H groups in total. The Balaban J connectivity index is 4.64. The van der Waals surface area contributed by atoms with E-state index in [-0.39, 0.29) is 12.1 Å². The molecule has 0 amide bonds. The van der Waals surface area contributed by atoms with Gasteiger partial charge in [0, 0.05) is 12.1 Å². The zero-order valence-electron chi connectivity index (χ0n) is 11.6. The van der Waals surface area contributed by atoms with Crippen molar-refractivity contribution in [2.75, 3.05) is 6.61 Å². The van der Waals surface area contributed by atoms with Crippen LogP contribution in [-0.4, -0.2) is 23.4 Å². The average molecular weight is 260 g/mol. The van der Waals surface area contributed by atoms with Crippen LogP contribution >= 0.6 is 7.52 Å². The number of nitrogens with zero attached hydrogens (tertiary/aromatic N) is 2. The first kappa shape index (κ1) is 16.6. The predicted molar refractivity (Wildman–Crippen MR) is 70.8 cm³/mol. The maximum atomic E-state index is 12.5. The van der Waals surface area contributed by atoms with Gasteiger partial charge in [-0.05, 0) is 34.1 Å². The Hall–Kier alpha value is -0.360. The van der Waals surface area contributed by atoms with Crippen LogP contribution in [0, 0.1) is 11.1 Å². The predicted octanol–water partition coefficient (Wildman–Crippen LogP) is 3.99. The number of hydrogen-bond acceptors (Lipinski definition) is 3. The summed E-state index contributed by atoms with van der Waals surface area (Å²) in [7, 11) is -3.32. The lowest BCUT2D eigenvalue weighted by Crippen LogP contribution is -2.34. The van der Waals surface area contributed by atoms with Crippen molar-refractivity contribution in [1.82, 2.24) is 4.67 Å². The van der Waals surface area contributed by atoms with Crippen LogP contribution in [0.2, 0.25) is 0 Å². The molecule has 0 bridgehead atoms. The summed E-state index contributed by atoms with van der Waals surface area (Å²) in [6.45, 7) is 10.2. The van der Waals surface area contributed by atoms with Crippen LogP contribution in [0.15, 0.2) is 0 Å². The van der Waals surface area contributed by atoms with Crippen molar-refractivity contribution < 1.29 is 9.09 Å². The Morgan fingerprint density at radius 2 is 1.76 bits per heavy atom. The van der Waals surface area contributed by atoms with Crippen LogP contribution in [0.5, 0.6) is 0 Å². The zero-order valence-corrected chi connectivity index (χ0v) is 12.5. The normalized spacial score (nSPS) is 15.2. The summed E-state index contributed by atoms with van der Waals surface area (Å²) in [6, 6.07) is 0.0679. The van der Waals surface area contributed by atoms with Gasteiger partial charge < -0.3 is 4.52 Å². The van der Waals surface area contributed by atoms with Crippen LogP contribution in [-0.2, 0) is 9.09 Å². The number of rotatable bonds is 8. The zero-order chi connectivity index (χ0) is 13.5. The van der Waals surface area contributed by atoms with Crippen molar-refractivity contribution in [2.24, 2.45) is 0 Å². The third-order valence-electron chi connectivity index (χ3n) is 2.50. The lowest BCUT2D eigenvalue weighted by Gasteiger charge is -2.32. The van der Waals surface area contributed by atoms with Crippen molar-refractivity contribution in [3.05, 3.63) is 0 Å². The van der Waals surface area contributed by atoms with Crippen molar-refractivity contribution in [3.63, 3.8) is 0 Å². The Labute approximate surface area is 105 Å². The SMILES string of the molecule is CCCCCOP(=O)(C#N)N(C(C)C)C(C)C. The molecule has 0 aliphatic carbocycles. The van der Waals surface area contributed by atoms with E-state index >= 15 is 0 Å². The van der Waals surface area contributed by atoms with Gasteiger partial charge in [0.1, 0.15) is 0 Å². The maximum absolute atomic E-state index is 12.5. The van der Waals surface area contributed by atoms with Gasteiger partial charge in [-0.15, -0.1) is 0 Å². The van der Waals surface area contributed by atoms with Gasteiger partial charge >= 0.3 is 7.52 Å². The number of nitriles is 1. The summed E-state index contributed by atoms with van der Waals surface area (Å²) >= 11 is 0. The Morgan fingerprint density at radius 3 is 2.12 bits per heavy atom. The molecule has 5 heteroatoms. The lowest BCUT2D eigenvalue weighted by atomic mass is 10.3. The van der Waals surface area contributed by atoms with E-state index in [9.17, 15) is 4.57 Å². The first-order chi connectivity index (χ1) is 7.89. The summed E-state index contributed by atoms with van der Waals surface area (Å²) in [5.74, 6) is 1.88. The largest absolute Gasteiger partial charge is 0.371 e. The third-order valence-corrected chi connectivity index (χ3v) is 4.82. The van der Waals surface area contributed by atoms with Gasteiger partial charge in [-0.1, -0.05) is 19.8 Å². The fourth-order valence-electron chi connectivity index (χ4n) is 1.89. The Kier molecular flexibility index (Phi) is 7.70. The molecule has 1 atom stereocenters. The van der Waals surface area contributed by atoms with Crippen LogP contribution in [0.3, 0.4) is 0 Å². The van der Waals surface area contributed by atoms with Crippen LogP contribution in [0.4, 0.5) is 0 Å². The molecule has 0 fully saturated rings. The second-order valence-corrected chi connectivity index (χ2v) is 6.69. The molecule has 100 valence electrons. The average Bonchev–Trinajstić information content (AvgIpc) is 2.23. The van der Waals surface area contributed by atoms with Crippen molar-refractivity contribution >= 4 is 7.52 Å². The van der Waals surface area contributed by atoms with E-state index < -0.39 is 7.52 Å². The lowest BCUT2D eigenvalue weighted by molar-refractivity contribution is 0.220. The van der Waals surface area contributed by atoms with E-state index in [2.05, 4.69) is 6.92 Å². The molecule has 0 aliphatic heterocycles. The fourth-order valence-corrected chi connectivity index (χ4v) is 3.78. The minimum absolute atomic E-state index is 0.0339. The molecule has 0 aliphatic rings. The molecular formula is C12H25N2O2P. The van der Waals surface area contributed by atoms with Gasteiger partial charge in [-0.2, -0.15) is 5.26 Å². The third kappa shape index (κ3) is 5.21. The summed E-state index contributed by atoms with van der Waals surface area (Å²) in [6.07, 6.45) is 2.97. The highest BCUT2D eigenvalue weighted by atomic mass is 31.2. The highest BCUT2D eigenvalue weighted by molar-refractivity contribution is 7.61. The quantitative estimate of drug-likeness (QED) is 0.489. The van der Waals surface area contributed by atoms with Gasteiger partial charge in [-0.25, -0.2) is 4.67 Å². The topological polar surface area (TPSA) is 53.3 Å². The van der Waals surface area contributed by atoms with Crippen molar-refractivity contribution in [2.45, 2.75) is 66.0 Å². The summed E-state index contributed by atoms with van der Waals surface area (Å²) in [5.41, 5.74) is 0. The second kappa shape index (κ2) is 7.87. The van der Waals surface area contributed by atoms with E-state index in [4.69, 9.17) is 9.79 Å². The molecule has 0 spiro atoms. The Morgan fingerprint density at radius 1 is 1.24 bits per heavy atom. The van der Waals surface area contributed by atoms with Crippen LogP contribution < -0.4 is 0 Å². The molecular weight excluding hydrogens is 235 g/mol. The van der Waals surface area contributed by atoms with Gasteiger partial charge in [-0.3, -0.25) is 4.57 Å². The molecule has 0 aromatic carbocycles. The first-order valence-corrected chi connectivity index (χ1v) is 7.91. The van der Waals surface area contributed by atoms with E-state index in [0.29, 0.717) is 6.61 Å². The molecule has 0 aromatic heterocycles. The van der Waals surface area contributed by atoms with E-state index in [1.54, 1.807) is 4.67 Å². The van der Waals surface area contributed by atoms with E-state index in [1.165, 1.54) is 0 Å². The van der Waals surface area contributed by atoms with Crippen molar-refractivity contribution in [3.8, 4) is 5.81 Å². The van der Waals surface area contributed by atoms with Gasteiger partial charge in [0.25, 0.3) is 0 Å². The summed E-state index contributed by atoms with van der Waals surface area (Å²) < 4.78 is 19.5. The molecule has 0 rings (SSSR count). The maximum Gasteiger partial charge on any atom is 0.371 e. The minimum Gasteiger partial charge on any atom is -0.307 e. The number of hydrogen-bond donors (Lipinski definition) is 0. The minimum atomic E-state index is -3.32. The van der Waals surface area contributed by atoms with E-state index in [1.807, 2.05) is 33.5 Å². The highest BCUT2D eigenvalue weighted by Crippen LogP contribution is 2.52. The second-order valence-electron chi connectivity index (χ2n) is 4.73. The van der Waals surface area contributed by atoms with Crippen molar-refractivity contribution in [1.29, 1.82) is 5.26 Å². The molecule has 0 radical (unpaired) electrons. The smallest absolute Gasteiger partial charge is 0.307 e.